The summed E-state index contributed by atoms with van der Waals surface area (Å²) < 4.78 is 25.5. The molecule has 1 heterocycles. The number of fused-ring (bicyclic) bond motifs is 1. The summed E-state index contributed by atoms with van der Waals surface area (Å²) >= 11 is 0. The van der Waals surface area contributed by atoms with Gasteiger partial charge >= 0.3 is 5.97 Å². The molecular formula is C13H17NO4S. The second-order valence-corrected chi connectivity index (χ2v) is 6.85. The second kappa shape index (κ2) is 5.30. The van der Waals surface area contributed by atoms with Crippen LogP contribution in [0.25, 0.3) is 0 Å². The van der Waals surface area contributed by atoms with Gasteiger partial charge in [0.25, 0.3) is 0 Å². The molecule has 0 saturated heterocycles. The molecule has 1 aliphatic heterocycles. The molecule has 0 saturated carbocycles. The molecule has 0 atom stereocenters. The van der Waals surface area contributed by atoms with Crippen LogP contribution >= 0.6 is 0 Å². The molecule has 1 aliphatic rings. The first-order valence-electron chi connectivity index (χ1n) is 6.22. The number of carboxylic acids is 1. The molecule has 1 aromatic carbocycles. The van der Waals surface area contributed by atoms with Gasteiger partial charge in [-0.05, 0) is 23.1 Å². The average molecular weight is 283 g/mol. The highest BCUT2D eigenvalue weighted by atomic mass is 32.2. The maximum Gasteiger partial charge on any atom is 0.307 e. The third-order valence-corrected chi connectivity index (χ3v) is 5.14. The van der Waals surface area contributed by atoms with Gasteiger partial charge in [-0.3, -0.25) is 4.79 Å². The molecule has 1 aromatic rings. The summed E-state index contributed by atoms with van der Waals surface area (Å²) in [4.78, 5) is 10.7. The van der Waals surface area contributed by atoms with E-state index in [9.17, 15) is 13.2 Å². The Hall–Kier alpha value is -1.40. The van der Waals surface area contributed by atoms with Gasteiger partial charge in [0.05, 0.1) is 12.2 Å². The molecule has 104 valence electrons. The molecule has 2 rings (SSSR count). The van der Waals surface area contributed by atoms with Crippen LogP contribution in [0.3, 0.4) is 0 Å². The molecule has 5 nitrogen and oxygen atoms in total. The largest absolute Gasteiger partial charge is 0.481 e. The standard InChI is InChI=1S/C13H17NO4S/c1-2-5-19(17,18)14-8-11-4-3-10(7-13(15)16)6-12(11)9-14/h3-4,6H,2,5,7-9H2,1H3,(H,15,16). The van der Waals surface area contributed by atoms with E-state index in [4.69, 9.17) is 5.11 Å². The van der Waals surface area contributed by atoms with Crippen molar-refractivity contribution >= 4 is 16.0 Å². The molecule has 19 heavy (non-hydrogen) atoms. The fourth-order valence-corrected chi connectivity index (χ4v) is 3.73. The lowest BCUT2D eigenvalue weighted by Crippen LogP contribution is -2.27. The smallest absolute Gasteiger partial charge is 0.307 e. The molecule has 0 bridgehead atoms. The summed E-state index contributed by atoms with van der Waals surface area (Å²) in [5, 5.41) is 8.76. The van der Waals surface area contributed by atoms with Crippen LogP contribution in [0.1, 0.15) is 30.0 Å². The highest BCUT2D eigenvalue weighted by molar-refractivity contribution is 7.89. The van der Waals surface area contributed by atoms with Crippen LogP contribution in [0.4, 0.5) is 0 Å². The summed E-state index contributed by atoms with van der Waals surface area (Å²) in [6.07, 6.45) is 0.564. The quantitative estimate of drug-likeness (QED) is 0.885. The van der Waals surface area contributed by atoms with E-state index in [0.717, 1.165) is 11.1 Å². The predicted molar refractivity (Wildman–Crippen MR) is 71.1 cm³/mol. The highest BCUT2D eigenvalue weighted by Gasteiger charge is 2.28. The lowest BCUT2D eigenvalue weighted by molar-refractivity contribution is -0.136. The molecular weight excluding hydrogens is 266 g/mol. The number of nitrogens with zero attached hydrogens (tertiary/aromatic N) is 1. The molecule has 6 heteroatoms. The van der Waals surface area contributed by atoms with E-state index in [1.165, 1.54) is 4.31 Å². The maximum absolute atomic E-state index is 12.0. The van der Waals surface area contributed by atoms with Crippen LogP contribution in [-0.2, 0) is 34.3 Å². The van der Waals surface area contributed by atoms with Crippen molar-refractivity contribution in [1.29, 1.82) is 0 Å². The number of hydrogen-bond acceptors (Lipinski definition) is 3. The number of aliphatic carboxylic acids is 1. The first-order valence-corrected chi connectivity index (χ1v) is 7.83. The molecule has 0 fully saturated rings. The fraction of sp³-hybridized carbons (Fsp3) is 0.462. The van der Waals surface area contributed by atoms with Crippen LogP contribution in [0.2, 0.25) is 0 Å². The fourth-order valence-electron chi connectivity index (χ4n) is 2.28. The number of carboxylic acid groups (broad SMARTS) is 1. The molecule has 0 amide bonds. The van der Waals surface area contributed by atoms with Crippen molar-refractivity contribution in [3.05, 3.63) is 34.9 Å². The Morgan fingerprint density at radius 1 is 1.32 bits per heavy atom. The van der Waals surface area contributed by atoms with Crippen molar-refractivity contribution in [2.45, 2.75) is 32.9 Å². The minimum atomic E-state index is -3.20. The minimum Gasteiger partial charge on any atom is -0.481 e. The van der Waals surface area contributed by atoms with Crippen LogP contribution in [0, 0.1) is 0 Å². The molecule has 0 radical (unpaired) electrons. The van der Waals surface area contributed by atoms with Crippen molar-refractivity contribution in [3.63, 3.8) is 0 Å². The molecule has 0 unspecified atom stereocenters. The monoisotopic (exact) mass is 283 g/mol. The van der Waals surface area contributed by atoms with Crippen LogP contribution in [-0.4, -0.2) is 29.6 Å². The van der Waals surface area contributed by atoms with E-state index < -0.39 is 16.0 Å². The Kier molecular flexibility index (Phi) is 3.91. The van der Waals surface area contributed by atoms with Crippen molar-refractivity contribution < 1.29 is 18.3 Å². The summed E-state index contributed by atoms with van der Waals surface area (Å²) in [6.45, 7) is 2.59. The SMILES string of the molecule is CCCS(=O)(=O)N1Cc2ccc(CC(=O)O)cc2C1. The normalized spacial score (nSPS) is 15.4. The van der Waals surface area contributed by atoms with Crippen LogP contribution in [0.5, 0.6) is 0 Å². The predicted octanol–water partition coefficient (Wildman–Crippen LogP) is 1.37. The zero-order valence-corrected chi connectivity index (χ0v) is 11.6. The third-order valence-electron chi connectivity index (χ3n) is 3.17. The first kappa shape index (κ1) is 14.0. The Balaban J connectivity index is 2.18. The molecule has 0 aromatic heterocycles. The Bertz CT molecular complexity index is 595. The van der Waals surface area contributed by atoms with Crippen molar-refractivity contribution in [3.8, 4) is 0 Å². The lowest BCUT2D eigenvalue weighted by Gasteiger charge is -2.14. The Morgan fingerprint density at radius 2 is 2.00 bits per heavy atom. The van der Waals surface area contributed by atoms with Gasteiger partial charge in [-0.25, -0.2) is 8.42 Å². The summed E-state index contributed by atoms with van der Waals surface area (Å²) in [5.41, 5.74) is 2.59. The van der Waals surface area contributed by atoms with Gasteiger partial charge in [0.2, 0.25) is 10.0 Å². The van der Waals surface area contributed by atoms with Gasteiger partial charge in [0.15, 0.2) is 0 Å². The number of rotatable bonds is 5. The van der Waals surface area contributed by atoms with Gasteiger partial charge in [-0.1, -0.05) is 25.1 Å². The van der Waals surface area contributed by atoms with E-state index >= 15 is 0 Å². The van der Waals surface area contributed by atoms with Crippen molar-refractivity contribution in [2.24, 2.45) is 0 Å². The van der Waals surface area contributed by atoms with E-state index in [1.807, 2.05) is 13.0 Å². The highest BCUT2D eigenvalue weighted by Crippen LogP contribution is 2.26. The van der Waals surface area contributed by atoms with E-state index in [1.54, 1.807) is 12.1 Å². The molecule has 0 aliphatic carbocycles. The van der Waals surface area contributed by atoms with Gasteiger partial charge in [-0.15, -0.1) is 0 Å². The minimum absolute atomic E-state index is 0.0327. The second-order valence-electron chi connectivity index (χ2n) is 4.76. The first-order chi connectivity index (χ1) is 8.92. The summed E-state index contributed by atoms with van der Waals surface area (Å²) in [6, 6.07) is 5.38. The molecule has 0 spiro atoms. The molecule has 1 N–H and O–H groups in total. The van der Waals surface area contributed by atoms with Crippen molar-refractivity contribution in [2.75, 3.05) is 5.75 Å². The van der Waals surface area contributed by atoms with E-state index in [2.05, 4.69) is 0 Å². The summed E-state index contributed by atoms with van der Waals surface area (Å²) in [7, 11) is -3.20. The number of sulfonamides is 1. The van der Waals surface area contributed by atoms with E-state index in [-0.39, 0.29) is 12.2 Å². The Morgan fingerprint density at radius 3 is 2.63 bits per heavy atom. The average Bonchev–Trinajstić information content (AvgIpc) is 2.71. The Labute approximate surface area is 112 Å². The number of benzene rings is 1. The van der Waals surface area contributed by atoms with Gasteiger partial charge in [-0.2, -0.15) is 4.31 Å². The third kappa shape index (κ3) is 3.13. The van der Waals surface area contributed by atoms with E-state index in [0.29, 0.717) is 25.1 Å². The van der Waals surface area contributed by atoms with Crippen LogP contribution in [0.15, 0.2) is 18.2 Å². The topological polar surface area (TPSA) is 74.7 Å². The van der Waals surface area contributed by atoms with Gasteiger partial charge in [0, 0.05) is 13.1 Å². The number of carbonyl (C=O) groups is 1. The summed E-state index contributed by atoms with van der Waals surface area (Å²) in [5.74, 6) is -0.725. The lowest BCUT2D eigenvalue weighted by atomic mass is 10.0. The van der Waals surface area contributed by atoms with Crippen LogP contribution < -0.4 is 0 Å². The van der Waals surface area contributed by atoms with Gasteiger partial charge in [0.1, 0.15) is 0 Å². The zero-order valence-electron chi connectivity index (χ0n) is 10.8. The van der Waals surface area contributed by atoms with Gasteiger partial charge < -0.3 is 5.11 Å². The zero-order chi connectivity index (χ0) is 14.0. The number of hydrogen-bond donors (Lipinski definition) is 1. The maximum atomic E-state index is 12.0. The van der Waals surface area contributed by atoms with Crippen molar-refractivity contribution in [1.82, 2.24) is 4.31 Å².